The molecule has 1 N–H and O–H groups in total. The van der Waals surface area contributed by atoms with Crippen molar-refractivity contribution in [2.45, 2.75) is 75.1 Å². The first-order valence-electron chi connectivity index (χ1n) is 17.1. The van der Waals surface area contributed by atoms with E-state index in [1.165, 1.54) is 11.1 Å². The second kappa shape index (κ2) is 14.1. The Kier molecular flexibility index (Phi) is 10.2. The second-order valence-corrected chi connectivity index (χ2v) is 16.5. The van der Waals surface area contributed by atoms with Crippen LogP contribution >= 0.6 is 11.6 Å². The number of benzene rings is 2. The van der Waals surface area contributed by atoms with Gasteiger partial charge in [0.1, 0.15) is 11.4 Å². The topological polar surface area (TPSA) is 94.2 Å². The Hall–Kier alpha value is -3.03. The Morgan fingerprint density at radius 2 is 1.98 bits per heavy atom. The molecule has 2 bridgehead atoms. The molecule has 2 aliphatic heterocycles. The van der Waals surface area contributed by atoms with Crippen molar-refractivity contribution in [3.05, 3.63) is 70.3 Å². The molecule has 48 heavy (non-hydrogen) atoms. The summed E-state index contributed by atoms with van der Waals surface area (Å²) in [5.74, 6) is 6.95. The standard InChI is InChI=1S/C38H47ClN2O6S/c1-26-9-7-19-38(46-4,18-5-6-20-45-3)33-14-11-30(33)23-41-24-37(17-8-10-28-21-31(39)13-15-32(28)37)25-47-35-16-12-29(22-34(35)41)36(42)40-48(43,44)27(26)2/h7,12-13,15-16,19,21-22,26-27,30,33H,6,8-11,14,17,20,23-25H2,1-4H3,(H,40,42)/b19-7+/t26-,27+,30-,33+,37-,38+/m0/s1. The molecule has 6 rings (SSSR count). The monoisotopic (exact) mass is 694 g/mol. The molecule has 8 nitrogen and oxygen atoms in total. The highest BCUT2D eigenvalue weighted by Gasteiger charge is 2.48. The molecule has 1 fully saturated rings. The van der Waals surface area contributed by atoms with Crippen molar-refractivity contribution in [3.8, 4) is 17.6 Å². The largest absolute Gasteiger partial charge is 0.490 e. The van der Waals surface area contributed by atoms with Gasteiger partial charge < -0.3 is 19.1 Å². The molecule has 2 aliphatic carbocycles. The number of carbonyl (C=O) groups is 1. The maximum Gasteiger partial charge on any atom is 0.264 e. The summed E-state index contributed by atoms with van der Waals surface area (Å²) in [5.41, 5.74) is 2.47. The average Bonchev–Trinajstić information content (AvgIpc) is 3.20. The van der Waals surface area contributed by atoms with E-state index in [0.717, 1.165) is 42.8 Å². The Labute approximate surface area is 290 Å². The Bertz CT molecular complexity index is 1730. The van der Waals surface area contributed by atoms with Crippen molar-refractivity contribution < 1.29 is 27.4 Å². The van der Waals surface area contributed by atoms with Gasteiger partial charge in [-0.25, -0.2) is 13.1 Å². The number of aryl methyl sites for hydroxylation is 1. The SMILES string of the molecule is COCCC#C[C@@]1(OC)/C=C/C[C@H](C)[C@@H](C)S(=O)(=O)NC(=O)c2ccc3c(c2)N(C[C@@H]2CC[C@H]21)C[C@@]1(CCCc2cc(Cl)ccc21)CO3. The van der Waals surface area contributed by atoms with E-state index in [4.69, 9.17) is 25.8 Å². The van der Waals surface area contributed by atoms with Gasteiger partial charge in [-0.05, 0) is 105 Å². The van der Waals surface area contributed by atoms with Gasteiger partial charge in [-0.3, -0.25) is 4.79 Å². The van der Waals surface area contributed by atoms with Gasteiger partial charge >= 0.3 is 0 Å². The third-order valence-corrected chi connectivity index (χ3v) is 13.3. The molecule has 0 unspecified atom stereocenters. The molecule has 2 aromatic rings. The fraction of sp³-hybridized carbons (Fsp3) is 0.553. The number of anilines is 1. The van der Waals surface area contributed by atoms with E-state index in [1.807, 2.05) is 31.2 Å². The molecule has 6 atom stereocenters. The molecule has 0 aromatic heterocycles. The minimum absolute atomic E-state index is 0.116. The molecule has 4 aliphatic rings. The zero-order valence-corrected chi connectivity index (χ0v) is 30.0. The van der Waals surface area contributed by atoms with Gasteiger partial charge in [0.05, 0.1) is 24.2 Å². The van der Waals surface area contributed by atoms with Gasteiger partial charge in [-0.15, -0.1) is 0 Å². The number of nitrogens with zero attached hydrogens (tertiary/aromatic N) is 1. The first-order chi connectivity index (χ1) is 23.0. The molecule has 1 amide bonds. The number of carbonyl (C=O) groups excluding carboxylic acids is 1. The first-order valence-corrected chi connectivity index (χ1v) is 19.0. The number of hydrogen-bond acceptors (Lipinski definition) is 7. The van der Waals surface area contributed by atoms with E-state index in [1.54, 1.807) is 33.3 Å². The number of halogens is 1. The predicted octanol–water partition coefficient (Wildman–Crippen LogP) is 6.31. The number of methoxy groups -OCH3 is 2. The fourth-order valence-corrected chi connectivity index (χ4v) is 9.49. The fourth-order valence-electron chi connectivity index (χ4n) is 8.01. The zero-order valence-electron chi connectivity index (χ0n) is 28.4. The molecule has 2 heterocycles. The molecular formula is C38H47ClN2O6S. The van der Waals surface area contributed by atoms with E-state index < -0.39 is 26.8 Å². The summed E-state index contributed by atoms with van der Waals surface area (Å²) in [6.07, 6.45) is 10.0. The molecule has 0 radical (unpaired) electrons. The Balaban J connectivity index is 1.46. The number of rotatable bonds is 3. The summed E-state index contributed by atoms with van der Waals surface area (Å²) in [6, 6.07) is 11.5. The van der Waals surface area contributed by atoms with E-state index in [2.05, 4.69) is 33.6 Å². The van der Waals surface area contributed by atoms with Crippen LogP contribution in [0.15, 0.2) is 48.6 Å². The van der Waals surface area contributed by atoms with Crippen molar-refractivity contribution >= 4 is 33.2 Å². The third kappa shape index (κ3) is 6.74. The molecule has 0 saturated heterocycles. The lowest BCUT2D eigenvalue weighted by molar-refractivity contribution is -0.0351. The van der Waals surface area contributed by atoms with Crippen LogP contribution in [0.1, 0.15) is 73.9 Å². The Morgan fingerprint density at radius 1 is 1.15 bits per heavy atom. The lowest BCUT2D eigenvalue weighted by Gasteiger charge is -2.48. The van der Waals surface area contributed by atoms with E-state index in [-0.39, 0.29) is 28.7 Å². The molecule has 258 valence electrons. The number of sulfonamides is 1. The number of nitrogens with one attached hydrogen (secondary N) is 1. The second-order valence-electron chi connectivity index (χ2n) is 14.1. The molecule has 1 spiro atoms. The third-order valence-electron chi connectivity index (χ3n) is 11.2. The van der Waals surface area contributed by atoms with Crippen LogP contribution in [0.25, 0.3) is 0 Å². The highest BCUT2D eigenvalue weighted by Crippen LogP contribution is 2.49. The first kappa shape index (κ1) is 34.8. The summed E-state index contributed by atoms with van der Waals surface area (Å²) in [4.78, 5) is 15.9. The van der Waals surface area contributed by atoms with Gasteiger partial charge in [-0.1, -0.05) is 42.5 Å². The van der Waals surface area contributed by atoms with Crippen LogP contribution in [-0.4, -0.2) is 65.7 Å². The van der Waals surface area contributed by atoms with E-state index >= 15 is 0 Å². The van der Waals surface area contributed by atoms with Crippen LogP contribution in [0.2, 0.25) is 5.02 Å². The van der Waals surface area contributed by atoms with Crippen molar-refractivity contribution in [3.63, 3.8) is 0 Å². The molecular weight excluding hydrogens is 648 g/mol. The molecule has 2 aromatic carbocycles. The van der Waals surface area contributed by atoms with E-state index in [9.17, 15) is 13.2 Å². The summed E-state index contributed by atoms with van der Waals surface area (Å²) in [7, 11) is -0.577. The van der Waals surface area contributed by atoms with Crippen LogP contribution in [0.5, 0.6) is 5.75 Å². The summed E-state index contributed by atoms with van der Waals surface area (Å²) >= 11 is 6.45. The number of amides is 1. The normalized spacial score (nSPS) is 31.9. The van der Waals surface area contributed by atoms with Gasteiger partial charge in [0.15, 0.2) is 0 Å². The number of allylic oxidation sites excluding steroid dienone is 1. The van der Waals surface area contributed by atoms with Crippen molar-refractivity contribution in [2.75, 3.05) is 45.4 Å². The van der Waals surface area contributed by atoms with Crippen LogP contribution in [0.4, 0.5) is 5.69 Å². The maximum atomic E-state index is 13.5. The van der Waals surface area contributed by atoms with Gasteiger partial charge in [0.2, 0.25) is 10.0 Å². The van der Waals surface area contributed by atoms with Crippen molar-refractivity contribution in [2.24, 2.45) is 17.8 Å². The van der Waals surface area contributed by atoms with Gasteiger partial charge in [0, 0.05) is 55.6 Å². The zero-order chi connectivity index (χ0) is 34.1. The van der Waals surface area contributed by atoms with Gasteiger partial charge in [-0.2, -0.15) is 0 Å². The number of ether oxygens (including phenoxy) is 3. The lowest BCUT2D eigenvalue weighted by Crippen LogP contribution is -2.52. The quantitative estimate of drug-likeness (QED) is 0.229. The van der Waals surface area contributed by atoms with Crippen LogP contribution in [0, 0.1) is 29.6 Å². The highest BCUT2D eigenvalue weighted by molar-refractivity contribution is 7.90. The molecule has 10 heteroatoms. The minimum atomic E-state index is -3.96. The average molecular weight is 695 g/mol. The highest BCUT2D eigenvalue weighted by atomic mass is 35.5. The summed E-state index contributed by atoms with van der Waals surface area (Å²) < 4.78 is 47.5. The number of hydrogen-bond donors (Lipinski definition) is 1. The Morgan fingerprint density at radius 3 is 2.73 bits per heavy atom. The van der Waals surface area contributed by atoms with Crippen LogP contribution in [0.3, 0.4) is 0 Å². The van der Waals surface area contributed by atoms with Crippen molar-refractivity contribution in [1.82, 2.24) is 4.72 Å². The van der Waals surface area contributed by atoms with Gasteiger partial charge in [0.25, 0.3) is 5.91 Å². The summed E-state index contributed by atoms with van der Waals surface area (Å²) in [6.45, 7) is 5.95. The van der Waals surface area contributed by atoms with E-state index in [0.29, 0.717) is 44.9 Å². The molecule has 1 saturated carbocycles. The minimum Gasteiger partial charge on any atom is -0.490 e. The van der Waals surface area contributed by atoms with Crippen LogP contribution in [-0.2, 0) is 31.3 Å². The lowest BCUT2D eigenvalue weighted by atomic mass is 9.64. The maximum absolute atomic E-state index is 13.5. The smallest absolute Gasteiger partial charge is 0.264 e. The number of fused-ring (bicyclic) bond motifs is 4. The van der Waals surface area contributed by atoms with Crippen LogP contribution < -0.4 is 14.4 Å². The predicted molar refractivity (Wildman–Crippen MR) is 189 cm³/mol. The van der Waals surface area contributed by atoms with Crippen molar-refractivity contribution in [1.29, 1.82) is 0 Å². The summed E-state index contributed by atoms with van der Waals surface area (Å²) in [5, 5.41) is -0.0728.